The van der Waals surface area contributed by atoms with E-state index in [9.17, 15) is 22.8 Å². The molecule has 39 heavy (non-hydrogen) atoms. The molecule has 1 aliphatic heterocycles. The van der Waals surface area contributed by atoms with Crippen molar-refractivity contribution in [2.75, 3.05) is 43.5 Å². The van der Waals surface area contributed by atoms with Crippen molar-refractivity contribution < 1.29 is 27.0 Å². The lowest BCUT2D eigenvalue weighted by molar-refractivity contribution is -0.323. The third-order valence-electron chi connectivity index (χ3n) is 7.14. The topological polar surface area (TPSA) is 104 Å². The molecule has 1 saturated carbocycles. The molecule has 0 spiro atoms. The number of alkyl halides is 3. The first kappa shape index (κ1) is 29.3. The van der Waals surface area contributed by atoms with Crippen LogP contribution in [0.15, 0.2) is 24.4 Å². The van der Waals surface area contributed by atoms with Crippen LogP contribution in [0.2, 0.25) is 5.02 Å². The van der Waals surface area contributed by atoms with Gasteiger partial charge in [-0.15, -0.1) is 13.2 Å². The van der Waals surface area contributed by atoms with Crippen LogP contribution in [0.1, 0.15) is 38.5 Å². The average molecular weight is 571 g/mol. The second kappa shape index (κ2) is 13.1. The maximum Gasteiger partial charge on any atom is 0.522 e. The molecule has 4 rings (SSSR count). The van der Waals surface area contributed by atoms with E-state index in [-0.39, 0.29) is 31.0 Å². The lowest BCUT2D eigenvalue weighted by Gasteiger charge is -2.31. The molecule has 0 aromatic carbocycles. The zero-order chi connectivity index (χ0) is 27.9. The van der Waals surface area contributed by atoms with E-state index < -0.39 is 24.2 Å². The first-order valence-corrected chi connectivity index (χ1v) is 13.3. The Kier molecular flexibility index (Phi) is 9.82. The van der Waals surface area contributed by atoms with Gasteiger partial charge in [-0.2, -0.15) is 5.26 Å². The number of aromatic nitrogens is 2. The molecule has 2 aliphatic rings. The van der Waals surface area contributed by atoms with E-state index >= 15 is 0 Å². The van der Waals surface area contributed by atoms with Gasteiger partial charge >= 0.3 is 6.36 Å². The molecular weight excluding hydrogens is 540 g/mol. The molecule has 212 valence electrons. The summed E-state index contributed by atoms with van der Waals surface area (Å²) in [5, 5.41) is 19.5. The van der Waals surface area contributed by atoms with E-state index in [0.29, 0.717) is 48.2 Å². The number of nitriles is 1. The number of halogens is 5. The van der Waals surface area contributed by atoms with Gasteiger partial charge in [0.2, 0.25) is 0 Å². The van der Waals surface area contributed by atoms with Crippen molar-refractivity contribution in [3.05, 3.63) is 35.2 Å². The summed E-state index contributed by atoms with van der Waals surface area (Å²) in [4.78, 5) is 8.82. The van der Waals surface area contributed by atoms with E-state index in [1.807, 2.05) is 0 Å². The van der Waals surface area contributed by atoms with E-state index in [2.05, 4.69) is 36.7 Å². The predicted molar refractivity (Wildman–Crippen MR) is 139 cm³/mol. The smallest absolute Gasteiger partial charge is 0.381 e. The van der Waals surface area contributed by atoms with Crippen LogP contribution in [0.3, 0.4) is 0 Å². The van der Waals surface area contributed by atoms with Gasteiger partial charge in [0.15, 0.2) is 11.6 Å². The summed E-state index contributed by atoms with van der Waals surface area (Å²) in [6.45, 7) is 0.953. The first-order chi connectivity index (χ1) is 18.7. The Balaban J connectivity index is 1.35. The lowest BCUT2D eigenvalue weighted by Crippen LogP contribution is -2.39. The zero-order valence-corrected chi connectivity index (χ0v) is 22.0. The molecule has 0 radical (unpaired) electrons. The van der Waals surface area contributed by atoms with Crippen LogP contribution in [0.5, 0.6) is 0 Å². The van der Waals surface area contributed by atoms with Crippen molar-refractivity contribution in [1.82, 2.24) is 15.3 Å². The van der Waals surface area contributed by atoms with Crippen LogP contribution in [0, 0.1) is 22.6 Å². The molecule has 0 atom stereocenters. The summed E-state index contributed by atoms with van der Waals surface area (Å²) in [7, 11) is 0. The lowest BCUT2D eigenvalue weighted by atomic mass is 9.82. The van der Waals surface area contributed by atoms with Crippen LogP contribution in [-0.2, 0) is 9.47 Å². The second-order valence-electron chi connectivity index (χ2n) is 9.88. The van der Waals surface area contributed by atoms with Crippen LogP contribution in [-0.4, -0.2) is 61.3 Å². The molecule has 2 fully saturated rings. The van der Waals surface area contributed by atoms with E-state index in [1.54, 1.807) is 12.1 Å². The Morgan fingerprint density at radius 1 is 1.15 bits per heavy atom. The summed E-state index contributed by atoms with van der Waals surface area (Å²) < 4.78 is 60.0. The molecule has 8 nitrogen and oxygen atoms in total. The van der Waals surface area contributed by atoms with Gasteiger partial charge in [0.25, 0.3) is 0 Å². The highest BCUT2D eigenvalue weighted by molar-refractivity contribution is 6.33. The number of nitrogens with one attached hydrogen (secondary N) is 3. The molecule has 0 bridgehead atoms. The van der Waals surface area contributed by atoms with Gasteiger partial charge in [-0.3, -0.25) is 4.74 Å². The van der Waals surface area contributed by atoms with Crippen LogP contribution in [0.4, 0.5) is 29.2 Å². The van der Waals surface area contributed by atoms with Gasteiger partial charge in [0.05, 0.1) is 28.8 Å². The Labute approximate surface area is 229 Å². The van der Waals surface area contributed by atoms with Gasteiger partial charge in [-0.05, 0) is 56.7 Å². The molecule has 2 aromatic rings. The molecule has 3 heterocycles. The third kappa shape index (κ3) is 8.38. The van der Waals surface area contributed by atoms with Crippen LogP contribution < -0.4 is 16.0 Å². The highest BCUT2D eigenvalue weighted by Crippen LogP contribution is 2.33. The maximum atomic E-state index is 14.6. The Morgan fingerprint density at radius 3 is 2.56 bits per heavy atom. The molecule has 1 aliphatic carbocycles. The minimum Gasteiger partial charge on any atom is -0.381 e. The number of rotatable bonds is 10. The first-order valence-electron chi connectivity index (χ1n) is 12.9. The summed E-state index contributed by atoms with van der Waals surface area (Å²) in [5.74, 6) is 0.107. The zero-order valence-electron chi connectivity index (χ0n) is 21.3. The average Bonchev–Trinajstić information content (AvgIpc) is 2.93. The number of hydrogen-bond donors (Lipinski definition) is 3. The fourth-order valence-corrected chi connectivity index (χ4v) is 5.05. The number of ether oxygens (including phenoxy) is 2. The van der Waals surface area contributed by atoms with Crippen molar-refractivity contribution in [3.8, 4) is 17.3 Å². The fourth-order valence-electron chi connectivity index (χ4n) is 4.85. The Morgan fingerprint density at radius 2 is 1.87 bits per heavy atom. The minimum absolute atomic E-state index is 0.0439. The molecule has 1 saturated heterocycles. The van der Waals surface area contributed by atoms with Crippen molar-refractivity contribution in [3.63, 3.8) is 0 Å². The highest BCUT2D eigenvalue weighted by atomic mass is 35.5. The van der Waals surface area contributed by atoms with E-state index in [4.69, 9.17) is 16.3 Å². The second-order valence-corrected chi connectivity index (χ2v) is 10.3. The summed E-state index contributed by atoms with van der Waals surface area (Å²) in [5.41, 5.74) is 0.402. The SMILES string of the molecule is N#CC1(CNc2nc(-c3cc(N[C@H]4CC[C@H](NCCOC(F)(F)F)CC4)ncc3Cl)ccc2F)CCOCC1. The number of anilines is 2. The predicted octanol–water partition coefficient (Wildman–Crippen LogP) is 5.52. The van der Waals surface area contributed by atoms with E-state index in [0.717, 1.165) is 25.7 Å². The molecular formula is C26H31ClF4N6O2. The Hall–Kier alpha value is -2.72. The van der Waals surface area contributed by atoms with Crippen molar-refractivity contribution in [2.45, 2.75) is 57.0 Å². The third-order valence-corrected chi connectivity index (χ3v) is 7.44. The number of nitrogens with zero attached hydrogens (tertiary/aromatic N) is 3. The highest BCUT2D eigenvalue weighted by Gasteiger charge is 2.33. The number of hydrogen-bond acceptors (Lipinski definition) is 8. The largest absolute Gasteiger partial charge is 0.522 e. The van der Waals surface area contributed by atoms with Crippen LogP contribution in [0.25, 0.3) is 11.3 Å². The van der Waals surface area contributed by atoms with Gasteiger partial charge < -0.3 is 20.7 Å². The monoisotopic (exact) mass is 570 g/mol. The van der Waals surface area contributed by atoms with Crippen molar-refractivity contribution >= 4 is 23.2 Å². The van der Waals surface area contributed by atoms with E-state index in [1.165, 1.54) is 12.3 Å². The summed E-state index contributed by atoms with van der Waals surface area (Å²) in [6.07, 6.45) is 1.25. The van der Waals surface area contributed by atoms with Crippen molar-refractivity contribution in [1.29, 1.82) is 5.26 Å². The van der Waals surface area contributed by atoms with Gasteiger partial charge in [-0.1, -0.05) is 11.6 Å². The van der Waals surface area contributed by atoms with Gasteiger partial charge in [0.1, 0.15) is 5.82 Å². The standard InChI is InChI=1S/C26H31ClF4N6O2/c27-20-14-34-23(36-18-3-1-17(2-4-18)33-9-12-39-26(29,30)31)13-19(20)22-6-5-21(28)24(37-22)35-16-25(15-32)7-10-38-11-8-25/h5-6,13-14,17-18,33H,1-4,7-12,16H2,(H,34,36)(H,35,37)/t17-,18-. The molecule has 2 aromatic heterocycles. The Bertz CT molecular complexity index is 1150. The summed E-state index contributed by atoms with van der Waals surface area (Å²) >= 11 is 6.43. The van der Waals surface area contributed by atoms with Crippen molar-refractivity contribution in [2.24, 2.45) is 5.41 Å². The molecule has 0 unspecified atom stereocenters. The molecule has 13 heteroatoms. The fraction of sp³-hybridized carbons (Fsp3) is 0.577. The minimum atomic E-state index is -4.61. The van der Waals surface area contributed by atoms with Gasteiger partial charge in [-0.25, -0.2) is 14.4 Å². The van der Waals surface area contributed by atoms with Gasteiger partial charge in [0, 0.05) is 50.1 Å². The molecule has 0 amide bonds. The van der Waals surface area contributed by atoms with Crippen LogP contribution >= 0.6 is 11.6 Å². The normalized spacial score (nSPS) is 21.2. The molecule has 3 N–H and O–H groups in total. The maximum absolute atomic E-state index is 14.6. The number of pyridine rings is 2. The summed E-state index contributed by atoms with van der Waals surface area (Å²) in [6, 6.07) is 7.23. The quantitative estimate of drug-likeness (QED) is 0.253.